The van der Waals surface area contributed by atoms with Gasteiger partial charge in [-0.2, -0.15) is 5.26 Å². The van der Waals surface area contributed by atoms with Gasteiger partial charge in [-0.25, -0.2) is 9.97 Å². The maximum atomic E-state index is 9.86. The lowest BCUT2D eigenvalue weighted by Gasteiger charge is -2.22. The fraction of sp³-hybridized carbons (Fsp3) is 0.250. The van der Waals surface area contributed by atoms with Gasteiger partial charge in [0, 0.05) is 28.8 Å². The summed E-state index contributed by atoms with van der Waals surface area (Å²) in [6.07, 6.45) is 7.10. The molecule has 0 aliphatic carbocycles. The van der Waals surface area contributed by atoms with Crippen molar-refractivity contribution >= 4 is 0 Å². The van der Waals surface area contributed by atoms with Crippen LogP contribution in [0.4, 0.5) is 0 Å². The van der Waals surface area contributed by atoms with E-state index in [9.17, 15) is 5.26 Å². The smallest absolute Gasteiger partial charge is 0.232 e. The van der Waals surface area contributed by atoms with Crippen molar-refractivity contribution in [3.8, 4) is 45.6 Å². The van der Waals surface area contributed by atoms with Crippen LogP contribution >= 0.6 is 0 Å². The molecule has 7 nitrogen and oxygen atoms in total. The maximum Gasteiger partial charge on any atom is 0.232 e. The van der Waals surface area contributed by atoms with E-state index in [2.05, 4.69) is 11.4 Å². The van der Waals surface area contributed by atoms with Crippen LogP contribution in [0.5, 0.6) is 5.88 Å². The number of rotatable bonds is 7. The van der Waals surface area contributed by atoms with Gasteiger partial charge in [-0.3, -0.25) is 0 Å². The third kappa shape index (κ3) is 5.09. The number of nitrogens with two attached hydrogens (primary N) is 1. The zero-order valence-corrected chi connectivity index (χ0v) is 19.4. The van der Waals surface area contributed by atoms with Crippen LogP contribution in [0.25, 0.3) is 33.6 Å². The second-order valence-corrected chi connectivity index (χ2v) is 8.70. The molecule has 35 heavy (non-hydrogen) atoms. The first-order chi connectivity index (χ1) is 17.2. The molecule has 0 amide bonds. The topological polar surface area (TPSA) is 110 Å². The van der Waals surface area contributed by atoms with Crippen molar-refractivity contribution in [2.45, 2.75) is 19.4 Å². The van der Waals surface area contributed by atoms with Gasteiger partial charge in [0.25, 0.3) is 0 Å². The summed E-state index contributed by atoms with van der Waals surface area (Å²) in [5, 5.41) is 13.2. The van der Waals surface area contributed by atoms with Crippen LogP contribution in [-0.4, -0.2) is 29.7 Å². The van der Waals surface area contributed by atoms with Gasteiger partial charge >= 0.3 is 0 Å². The van der Waals surface area contributed by atoms with Gasteiger partial charge < -0.3 is 20.2 Å². The van der Waals surface area contributed by atoms with E-state index in [1.165, 1.54) is 0 Å². The molecule has 1 aliphatic rings. The third-order valence-corrected chi connectivity index (χ3v) is 6.38. The minimum Gasteiger partial charge on any atom is -0.476 e. The molecular formula is C28H27N5O2. The highest BCUT2D eigenvalue weighted by molar-refractivity contribution is 5.81. The van der Waals surface area contributed by atoms with Crippen molar-refractivity contribution in [1.29, 1.82) is 5.26 Å². The van der Waals surface area contributed by atoms with E-state index in [1.807, 2.05) is 48.5 Å². The molecule has 3 heterocycles. The molecular weight excluding hydrogens is 438 g/mol. The minimum absolute atomic E-state index is 0.475. The summed E-state index contributed by atoms with van der Waals surface area (Å²) in [7, 11) is 0. The summed E-state index contributed by atoms with van der Waals surface area (Å²) in [4.78, 5) is 9.60. The summed E-state index contributed by atoms with van der Waals surface area (Å²) in [6.45, 7) is 3.12. The quantitative estimate of drug-likeness (QED) is 0.404. The maximum absolute atomic E-state index is 9.86. The van der Waals surface area contributed by atoms with E-state index >= 15 is 0 Å². The van der Waals surface area contributed by atoms with Crippen LogP contribution in [0, 0.1) is 17.2 Å². The van der Waals surface area contributed by atoms with Crippen molar-refractivity contribution in [2.75, 3.05) is 19.7 Å². The first kappa shape index (κ1) is 22.8. The Bertz CT molecular complexity index is 1320. The lowest BCUT2D eigenvalue weighted by atomic mass is 9.97. The van der Waals surface area contributed by atoms with Gasteiger partial charge in [0.2, 0.25) is 5.88 Å². The standard InChI is InChI=1S/C28H27N5O2/c29-14-19-1-3-21(4-2-19)27-28(33-26(16-32-27)35-17-20-7-10-31-11-8-20)22-5-6-25(24(13-22)15-30)23-9-12-34-18-23/h1-6,9,12-13,16,18,20,31H,7-8,10-11,14,17,29H2. The summed E-state index contributed by atoms with van der Waals surface area (Å²) >= 11 is 0. The van der Waals surface area contributed by atoms with Gasteiger partial charge in [0.15, 0.2) is 0 Å². The first-order valence-corrected chi connectivity index (χ1v) is 11.8. The number of benzene rings is 2. The summed E-state index contributed by atoms with van der Waals surface area (Å²) < 4.78 is 11.3. The number of nitrogens with one attached hydrogen (secondary N) is 1. The molecule has 0 unspecified atom stereocenters. The van der Waals surface area contributed by atoms with Crippen molar-refractivity contribution in [3.05, 3.63) is 78.4 Å². The van der Waals surface area contributed by atoms with Crippen molar-refractivity contribution in [1.82, 2.24) is 15.3 Å². The molecule has 0 saturated carbocycles. The average molecular weight is 466 g/mol. The molecule has 2 aromatic heterocycles. The first-order valence-electron chi connectivity index (χ1n) is 11.8. The lowest BCUT2D eigenvalue weighted by Crippen LogP contribution is -2.30. The highest BCUT2D eigenvalue weighted by atomic mass is 16.5. The molecule has 0 bridgehead atoms. The SMILES string of the molecule is N#Cc1cc(-c2nc(OCC3CCNCC3)cnc2-c2ccc(CN)cc2)ccc1-c1ccoc1. The van der Waals surface area contributed by atoms with E-state index in [1.54, 1.807) is 18.7 Å². The Kier molecular flexibility index (Phi) is 6.85. The number of piperidine rings is 1. The zero-order valence-electron chi connectivity index (χ0n) is 19.4. The fourth-order valence-electron chi connectivity index (χ4n) is 4.36. The summed E-state index contributed by atoms with van der Waals surface area (Å²) in [5.41, 5.74) is 12.1. The molecule has 2 aromatic carbocycles. The number of hydrogen-bond donors (Lipinski definition) is 2. The van der Waals surface area contributed by atoms with Gasteiger partial charge in [-0.05, 0) is 49.5 Å². The largest absolute Gasteiger partial charge is 0.476 e. The summed E-state index contributed by atoms with van der Waals surface area (Å²) in [5.74, 6) is 0.989. The van der Waals surface area contributed by atoms with Gasteiger partial charge in [-0.1, -0.05) is 36.4 Å². The number of furan rings is 1. The van der Waals surface area contributed by atoms with Crippen LogP contribution in [0.15, 0.2) is 71.7 Å². The Morgan fingerprint density at radius 2 is 1.83 bits per heavy atom. The predicted molar refractivity (Wildman–Crippen MR) is 134 cm³/mol. The van der Waals surface area contributed by atoms with Crippen LogP contribution in [-0.2, 0) is 6.54 Å². The van der Waals surface area contributed by atoms with E-state index in [0.29, 0.717) is 36.2 Å². The van der Waals surface area contributed by atoms with Gasteiger partial charge in [0.1, 0.15) is 5.69 Å². The number of nitriles is 1. The fourth-order valence-corrected chi connectivity index (χ4v) is 4.36. The molecule has 5 rings (SSSR count). The predicted octanol–water partition coefficient (Wildman–Crippen LogP) is 4.78. The Balaban J connectivity index is 1.53. The van der Waals surface area contributed by atoms with Crippen LogP contribution in [0.1, 0.15) is 24.0 Å². The number of aromatic nitrogens is 2. The number of nitrogens with zero attached hydrogens (tertiary/aromatic N) is 3. The Hall–Kier alpha value is -3.99. The van der Waals surface area contributed by atoms with Crippen molar-refractivity contribution < 1.29 is 9.15 Å². The third-order valence-electron chi connectivity index (χ3n) is 6.38. The number of hydrogen-bond acceptors (Lipinski definition) is 7. The molecule has 3 N–H and O–H groups in total. The van der Waals surface area contributed by atoms with E-state index in [0.717, 1.165) is 59.4 Å². The van der Waals surface area contributed by atoms with E-state index < -0.39 is 0 Å². The highest BCUT2D eigenvalue weighted by Crippen LogP contribution is 2.34. The second-order valence-electron chi connectivity index (χ2n) is 8.70. The molecule has 1 aliphatic heterocycles. The van der Waals surface area contributed by atoms with Crippen LogP contribution < -0.4 is 15.8 Å². The van der Waals surface area contributed by atoms with Crippen molar-refractivity contribution in [2.24, 2.45) is 11.7 Å². The van der Waals surface area contributed by atoms with Gasteiger partial charge in [0.05, 0.1) is 42.7 Å². The Morgan fingerprint density at radius 1 is 1.03 bits per heavy atom. The normalized spacial score (nSPS) is 13.9. The van der Waals surface area contributed by atoms with Crippen molar-refractivity contribution in [3.63, 3.8) is 0 Å². The molecule has 176 valence electrons. The molecule has 1 fully saturated rings. The van der Waals surface area contributed by atoms with E-state index in [-0.39, 0.29) is 0 Å². The minimum atomic E-state index is 0.475. The average Bonchev–Trinajstić information content (AvgIpc) is 3.47. The second kappa shape index (κ2) is 10.5. The Labute approximate surface area is 204 Å². The molecule has 0 atom stereocenters. The molecule has 1 saturated heterocycles. The molecule has 0 radical (unpaired) electrons. The molecule has 0 spiro atoms. The lowest BCUT2D eigenvalue weighted by molar-refractivity contribution is 0.208. The summed E-state index contributed by atoms with van der Waals surface area (Å²) in [6, 6.07) is 17.9. The molecule has 7 heteroatoms. The number of ether oxygens (including phenoxy) is 1. The van der Waals surface area contributed by atoms with Gasteiger partial charge in [-0.15, -0.1) is 0 Å². The van der Waals surface area contributed by atoms with Crippen LogP contribution in [0.2, 0.25) is 0 Å². The van der Waals surface area contributed by atoms with Crippen LogP contribution in [0.3, 0.4) is 0 Å². The van der Waals surface area contributed by atoms with E-state index in [4.69, 9.17) is 24.9 Å². The Morgan fingerprint density at radius 3 is 2.54 bits per heavy atom. The monoisotopic (exact) mass is 465 g/mol. The molecule has 4 aromatic rings. The highest BCUT2D eigenvalue weighted by Gasteiger charge is 2.18. The zero-order chi connectivity index (χ0) is 24.0.